The van der Waals surface area contributed by atoms with Gasteiger partial charge in [0.1, 0.15) is 0 Å². The number of rotatable bonds is 3. The van der Waals surface area contributed by atoms with Gasteiger partial charge in [-0.05, 0) is 34.9 Å². The Morgan fingerprint density at radius 1 is 1.00 bits per heavy atom. The average Bonchev–Trinajstić information content (AvgIpc) is 3.45. The van der Waals surface area contributed by atoms with Crippen molar-refractivity contribution >= 4 is 11.6 Å². The van der Waals surface area contributed by atoms with Gasteiger partial charge in [-0.15, -0.1) is 0 Å². The molecule has 2 aromatic carbocycles. The average molecular weight is 425 g/mol. The molecule has 0 N–H and O–H groups in total. The zero-order chi connectivity index (χ0) is 22.3. The van der Waals surface area contributed by atoms with Gasteiger partial charge in [-0.25, -0.2) is 9.50 Å². The highest BCUT2D eigenvalue weighted by Crippen LogP contribution is 2.33. The molecule has 0 bridgehead atoms. The number of nitrogens with zero attached hydrogens (tertiary/aromatic N) is 4. The molecule has 0 saturated carbocycles. The Balaban J connectivity index is 1.42. The van der Waals surface area contributed by atoms with Crippen LogP contribution < -0.4 is 0 Å². The maximum atomic E-state index is 13.3. The van der Waals surface area contributed by atoms with Crippen LogP contribution in [-0.2, 0) is 5.41 Å². The Morgan fingerprint density at radius 3 is 2.47 bits per heavy atom. The van der Waals surface area contributed by atoms with Crippen LogP contribution in [0.3, 0.4) is 0 Å². The van der Waals surface area contributed by atoms with Gasteiger partial charge >= 0.3 is 0 Å². The van der Waals surface area contributed by atoms with Gasteiger partial charge in [-0.1, -0.05) is 75.4 Å². The minimum atomic E-state index is -0.0297. The molecule has 1 aliphatic heterocycles. The van der Waals surface area contributed by atoms with E-state index in [-0.39, 0.29) is 17.4 Å². The van der Waals surface area contributed by atoms with Crippen LogP contribution in [0.4, 0.5) is 0 Å². The lowest BCUT2D eigenvalue weighted by atomic mass is 9.86. The fraction of sp³-hybridized carbons (Fsp3) is 0.296. The Labute approximate surface area is 188 Å². The zero-order valence-electron chi connectivity index (χ0n) is 18.8. The van der Waals surface area contributed by atoms with Crippen LogP contribution in [0.2, 0.25) is 0 Å². The Hall–Kier alpha value is -3.47. The molecule has 1 unspecified atom stereocenters. The third-order valence-electron chi connectivity index (χ3n) is 6.31. The SMILES string of the molecule is CC(C)(C)c1ccc(-c2cnc3cc(C(=O)N4CCCC4c4ccccc4)nn3c2)cc1. The Morgan fingerprint density at radius 2 is 1.75 bits per heavy atom. The summed E-state index contributed by atoms with van der Waals surface area (Å²) in [5.74, 6) is -0.0297. The van der Waals surface area contributed by atoms with Crippen LogP contribution in [-0.4, -0.2) is 31.9 Å². The van der Waals surface area contributed by atoms with Crippen molar-refractivity contribution in [2.24, 2.45) is 0 Å². The van der Waals surface area contributed by atoms with E-state index in [4.69, 9.17) is 0 Å². The summed E-state index contributed by atoms with van der Waals surface area (Å²) in [5.41, 5.74) is 5.77. The van der Waals surface area contributed by atoms with E-state index >= 15 is 0 Å². The van der Waals surface area contributed by atoms with Crippen LogP contribution in [0.5, 0.6) is 0 Å². The smallest absolute Gasteiger partial charge is 0.274 e. The molecule has 5 nitrogen and oxygen atoms in total. The topological polar surface area (TPSA) is 50.5 Å². The molecular weight excluding hydrogens is 396 g/mol. The molecule has 5 rings (SSSR count). The summed E-state index contributed by atoms with van der Waals surface area (Å²) in [5, 5.41) is 4.59. The van der Waals surface area contributed by atoms with E-state index in [1.165, 1.54) is 11.1 Å². The normalized spacial score (nSPS) is 16.6. The molecule has 1 fully saturated rings. The highest BCUT2D eigenvalue weighted by Gasteiger charge is 2.31. The van der Waals surface area contributed by atoms with E-state index in [2.05, 4.69) is 67.3 Å². The minimum absolute atomic E-state index is 0.0297. The first kappa shape index (κ1) is 20.4. The molecule has 3 heterocycles. The Bertz CT molecular complexity index is 1250. The van der Waals surface area contributed by atoms with Crippen LogP contribution in [0.25, 0.3) is 16.8 Å². The third-order valence-corrected chi connectivity index (χ3v) is 6.31. The van der Waals surface area contributed by atoms with Crippen LogP contribution in [0.1, 0.15) is 61.3 Å². The van der Waals surface area contributed by atoms with E-state index in [1.54, 1.807) is 10.6 Å². The predicted octanol–water partition coefficient (Wildman–Crippen LogP) is 5.67. The molecule has 0 radical (unpaired) electrons. The van der Waals surface area contributed by atoms with Gasteiger partial charge < -0.3 is 4.90 Å². The highest BCUT2D eigenvalue weighted by atomic mass is 16.2. The van der Waals surface area contributed by atoms with Crippen molar-refractivity contribution in [3.05, 3.63) is 89.9 Å². The van der Waals surface area contributed by atoms with Gasteiger partial charge in [0.25, 0.3) is 5.91 Å². The molecule has 0 spiro atoms. The zero-order valence-corrected chi connectivity index (χ0v) is 18.8. The molecule has 4 aromatic rings. The fourth-order valence-corrected chi connectivity index (χ4v) is 4.47. The van der Waals surface area contributed by atoms with E-state index in [0.717, 1.165) is 30.5 Å². The number of aromatic nitrogens is 3. The lowest BCUT2D eigenvalue weighted by Gasteiger charge is -2.24. The summed E-state index contributed by atoms with van der Waals surface area (Å²) >= 11 is 0. The summed E-state index contributed by atoms with van der Waals surface area (Å²) in [7, 11) is 0. The molecule has 1 saturated heterocycles. The molecule has 32 heavy (non-hydrogen) atoms. The van der Waals surface area contributed by atoms with Gasteiger partial charge in [0, 0.05) is 30.6 Å². The second-order valence-electron chi connectivity index (χ2n) is 9.57. The number of likely N-dealkylation sites (tertiary alicyclic amines) is 1. The van der Waals surface area contributed by atoms with Crippen molar-refractivity contribution in [3.63, 3.8) is 0 Å². The number of amides is 1. The number of fused-ring (bicyclic) bond motifs is 1. The number of carbonyl (C=O) groups excluding carboxylic acids is 1. The Kier molecular flexibility index (Phi) is 5.04. The summed E-state index contributed by atoms with van der Waals surface area (Å²) in [6.45, 7) is 7.38. The number of benzene rings is 2. The minimum Gasteiger partial charge on any atom is -0.330 e. The van der Waals surface area contributed by atoms with Crippen molar-refractivity contribution < 1.29 is 4.79 Å². The quantitative estimate of drug-likeness (QED) is 0.426. The van der Waals surface area contributed by atoms with Crippen molar-refractivity contribution in [3.8, 4) is 11.1 Å². The van der Waals surface area contributed by atoms with Crippen LogP contribution in [0, 0.1) is 0 Å². The van der Waals surface area contributed by atoms with Crippen molar-refractivity contribution in [1.29, 1.82) is 0 Å². The van der Waals surface area contributed by atoms with Crippen molar-refractivity contribution in [2.75, 3.05) is 6.54 Å². The highest BCUT2D eigenvalue weighted by molar-refractivity contribution is 5.94. The maximum absolute atomic E-state index is 13.3. The fourth-order valence-electron chi connectivity index (χ4n) is 4.47. The molecule has 1 atom stereocenters. The molecule has 162 valence electrons. The largest absolute Gasteiger partial charge is 0.330 e. The van der Waals surface area contributed by atoms with Crippen LogP contribution in [0.15, 0.2) is 73.1 Å². The first-order valence-electron chi connectivity index (χ1n) is 11.2. The van der Waals surface area contributed by atoms with E-state index < -0.39 is 0 Å². The third kappa shape index (κ3) is 3.79. The molecule has 1 amide bonds. The molecule has 5 heteroatoms. The predicted molar refractivity (Wildman–Crippen MR) is 127 cm³/mol. The van der Waals surface area contributed by atoms with Crippen molar-refractivity contribution in [2.45, 2.75) is 45.1 Å². The first-order chi connectivity index (χ1) is 15.4. The van der Waals surface area contributed by atoms with E-state index in [1.807, 2.05) is 35.5 Å². The van der Waals surface area contributed by atoms with Crippen molar-refractivity contribution in [1.82, 2.24) is 19.5 Å². The number of carbonyl (C=O) groups is 1. The lowest BCUT2D eigenvalue weighted by molar-refractivity contribution is 0.0729. The van der Waals surface area contributed by atoms with Gasteiger partial charge in [0.15, 0.2) is 11.3 Å². The van der Waals surface area contributed by atoms with E-state index in [9.17, 15) is 4.79 Å². The first-order valence-corrected chi connectivity index (χ1v) is 11.2. The van der Waals surface area contributed by atoms with Gasteiger partial charge in [0.05, 0.1) is 6.04 Å². The standard InChI is InChI=1S/C27H28N4O/c1-27(2,3)22-13-11-19(12-14-22)21-17-28-25-16-23(29-31(25)18-21)26(32)30-15-7-10-24(30)20-8-5-4-6-9-20/h4-6,8-9,11-14,16-18,24H,7,10,15H2,1-3H3. The van der Waals surface area contributed by atoms with Gasteiger partial charge in [0.2, 0.25) is 0 Å². The monoisotopic (exact) mass is 424 g/mol. The lowest BCUT2D eigenvalue weighted by Crippen LogP contribution is -2.30. The summed E-state index contributed by atoms with van der Waals surface area (Å²) in [6, 6.07) is 20.7. The molecule has 0 aliphatic carbocycles. The molecular formula is C27H28N4O. The summed E-state index contributed by atoms with van der Waals surface area (Å²) in [6.07, 6.45) is 5.78. The number of hydrogen-bond acceptors (Lipinski definition) is 3. The summed E-state index contributed by atoms with van der Waals surface area (Å²) in [4.78, 5) is 19.8. The second kappa shape index (κ2) is 7.90. The van der Waals surface area contributed by atoms with Gasteiger partial charge in [-0.3, -0.25) is 4.79 Å². The summed E-state index contributed by atoms with van der Waals surface area (Å²) < 4.78 is 1.72. The molecule has 1 aliphatic rings. The van der Waals surface area contributed by atoms with E-state index in [0.29, 0.717) is 11.3 Å². The number of hydrogen-bond donors (Lipinski definition) is 0. The molecule has 2 aromatic heterocycles. The van der Waals surface area contributed by atoms with Crippen LogP contribution >= 0.6 is 0 Å². The second-order valence-corrected chi connectivity index (χ2v) is 9.57. The van der Waals surface area contributed by atoms with Gasteiger partial charge in [-0.2, -0.15) is 5.10 Å². The maximum Gasteiger partial charge on any atom is 0.274 e.